The molecule has 6 nitrogen and oxygen atoms in total. The molecule has 164 valence electrons. The second kappa shape index (κ2) is 9.59. The number of amides is 1. The van der Waals surface area contributed by atoms with Gasteiger partial charge in [-0.3, -0.25) is 9.78 Å². The van der Waals surface area contributed by atoms with Gasteiger partial charge in [0.25, 0.3) is 0 Å². The average Bonchev–Trinajstić information content (AvgIpc) is 2.71. The number of nitrogens with one attached hydrogen (secondary N) is 2. The first-order valence-electron chi connectivity index (χ1n) is 10.8. The number of aliphatic hydroxyl groups is 1. The largest absolute Gasteiger partial charge is 0.390 e. The molecule has 1 aliphatic rings. The average molecular weight is 421 g/mol. The number of rotatable bonds is 7. The van der Waals surface area contributed by atoms with Crippen LogP contribution in [0.1, 0.15) is 61.2 Å². The van der Waals surface area contributed by atoms with Crippen LogP contribution in [0.5, 0.6) is 0 Å². The summed E-state index contributed by atoms with van der Waals surface area (Å²) >= 11 is 0. The molecule has 1 aliphatic carbocycles. The Morgan fingerprint density at radius 2 is 2.16 bits per heavy atom. The molecule has 0 spiro atoms. The number of pyridine rings is 1. The molecule has 3 rings (SSSR count). The van der Waals surface area contributed by atoms with Crippen LogP contribution in [0.3, 0.4) is 0 Å². The third-order valence-electron chi connectivity index (χ3n) is 5.86. The molecule has 1 amide bonds. The predicted octanol–water partition coefficient (Wildman–Crippen LogP) is 2.97. The Bertz CT molecular complexity index is 980. The monoisotopic (exact) mass is 420 g/mol. The van der Waals surface area contributed by atoms with Crippen molar-refractivity contribution in [2.45, 2.75) is 65.1 Å². The number of hydrogen-bond donors (Lipinski definition) is 3. The predicted molar refractivity (Wildman–Crippen MR) is 120 cm³/mol. The van der Waals surface area contributed by atoms with Gasteiger partial charge < -0.3 is 15.7 Å². The van der Waals surface area contributed by atoms with Gasteiger partial charge in [0.05, 0.1) is 23.8 Å². The second-order valence-electron chi connectivity index (χ2n) is 9.45. The van der Waals surface area contributed by atoms with Gasteiger partial charge in [0.2, 0.25) is 5.91 Å². The molecule has 0 saturated heterocycles. The van der Waals surface area contributed by atoms with E-state index in [1.807, 2.05) is 25.3 Å². The van der Waals surface area contributed by atoms with E-state index >= 15 is 0 Å². The van der Waals surface area contributed by atoms with E-state index in [0.717, 1.165) is 29.7 Å². The fourth-order valence-electron chi connectivity index (χ4n) is 4.41. The van der Waals surface area contributed by atoms with Gasteiger partial charge in [-0.05, 0) is 60.4 Å². The zero-order valence-corrected chi connectivity index (χ0v) is 18.8. The summed E-state index contributed by atoms with van der Waals surface area (Å²) in [6.07, 6.45) is 3.47. The van der Waals surface area contributed by atoms with Crippen LogP contribution in [0.25, 0.3) is 0 Å². The molecule has 1 heterocycles. The van der Waals surface area contributed by atoms with Crippen molar-refractivity contribution >= 4 is 5.91 Å². The molecule has 3 atom stereocenters. The molecule has 0 radical (unpaired) electrons. The summed E-state index contributed by atoms with van der Waals surface area (Å²) < 4.78 is 0. The van der Waals surface area contributed by atoms with Gasteiger partial charge in [-0.1, -0.05) is 32.0 Å². The fourth-order valence-corrected chi connectivity index (χ4v) is 4.41. The zero-order valence-electron chi connectivity index (χ0n) is 18.8. The summed E-state index contributed by atoms with van der Waals surface area (Å²) in [6.45, 7) is 8.32. The van der Waals surface area contributed by atoms with E-state index in [2.05, 4.69) is 41.6 Å². The fraction of sp³-hybridized carbons (Fsp3) is 0.480. The van der Waals surface area contributed by atoms with E-state index in [4.69, 9.17) is 5.26 Å². The number of benzene rings is 1. The van der Waals surface area contributed by atoms with E-state index in [1.165, 1.54) is 12.5 Å². The van der Waals surface area contributed by atoms with E-state index in [-0.39, 0.29) is 17.4 Å². The molecule has 3 N–H and O–H groups in total. The van der Waals surface area contributed by atoms with Crippen LogP contribution >= 0.6 is 0 Å². The van der Waals surface area contributed by atoms with E-state index in [9.17, 15) is 9.90 Å². The van der Waals surface area contributed by atoms with Gasteiger partial charge in [-0.15, -0.1) is 0 Å². The highest BCUT2D eigenvalue weighted by Gasteiger charge is 2.33. The minimum atomic E-state index is -0.777. The normalized spacial score (nSPS) is 19.0. The minimum Gasteiger partial charge on any atom is -0.390 e. The number of carbonyl (C=O) groups excluding carboxylic acids is 1. The molecule has 6 heteroatoms. The lowest BCUT2D eigenvalue weighted by atomic mass is 9.73. The molecule has 1 aromatic carbocycles. The lowest BCUT2D eigenvalue weighted by molar-refractivity contribution is -0.120. The number of aliphatic hydroxyl groups excluding tert-OH is 1. The minimum absolute atomic E-state index is 0.0979. The lowest BCUT2D eigenvalue weighted by Crippen LogP contribution is -2.49. The number of hydrogen-bond acceptors (Lipinski definition) is 5. The van der Waals surface area contributed by atoms with Crippen molar-refractivity contribution in [1.82, 2.24) is 15.6 Å². The summed E-state index contributed by atoms with van der Waals surface area (Å²) in [6, 6.07) is 11.2. The maximum atomic E-state index is 11.8. The van der Waals surface area contributed by atoms with Crippen molar-refractivity contribution in [1.29, 1.82) is 5.26 Å². The Kier molecular flexibility index (Phi) is 7.09. The number of nitriles is 1. The van der Waals surface area contributed by atoms with Crippen LogP contribution in [0.15, 0.2) is 36.5 Å². The number of aryl methyl sites for hydroxylation is 1. The standard InChI is InChI=1S/C25H32N4O2/c1-16-8-20-22(27-14-16)11-25(3,4)12-23(20)28-15-24(31)21(29-17(2)30)10-18-6-5-7-19(9-18)13-26/h5-9,14,21,23-24,28,31H,10-12,15H2,1-4H3,(H,29,30)/t21-,23-,24-/m0/s1. The number of carbonyl (C=O) groups is 1. The van der Waals surface area contributed by atoms with Crippen LogP contribution in [0.4, 0.5) is 0 Å². The van der Waals surface area contributed by atoms with Crippen LogP contribution < -0.4 is 10.6 Å². The highest BCUT2D eigenvalue weighted by Crippen LogP contribution is 2.40. The van der Waals surface area contributed by atoms with Gasteiger partial charge in [0, 0.05) is 31.4 Å². The molecule has 31 heavy (non-hydrogen) atoms. The summed E-state index contributed by atoms with van der Waals surface area (Å²) in [5.41, 5.74) is 5.02. The summed E-state index contributed by atoms with van der Waals surface area (Å²) in [4.78, 5) is 16.4. The van der Waals surface area contributed by atoms with Gasteiger partial charge >= 0.3 is 0 Å². The topological polar surface area (TPSA) is 98.0 Å². The maximum absolute atomic E-state index is 11.8. The summed E-state index contributed by atoms with van der Waals surface area (Å²) in [5.74, 6) is -0.190. The Labute approximate surface area is 184 Å². The summed E-state index contributed by atoms with van der Waals surface area (Å²) in [7, 11) is 0. The summed E-state index contributed by atoms with van der Waals surface area (Å²) in [5, 5.41) is 26.5. The Morgan fingerprint density at radius 1 is 1.39 bits per heavy atom. The van der Waals surface area contributed by atoms with Crippen LogP contribution in [-0.4, -0.2) is 34.7 Å². The Balaban J connectivity index is 1.73. The SMILES string of the molecule is CC(=O)N[C@@H](Cc1cccc(C#N)c1)[C@@H](O)CN[C@H]1CC(C)(C)Cc2ncc(C)cc21. The van der Waals surface area contributed by atoms with E-state index in [1.54, 1.807) is 12.1 Å². The van der Waals surface area contributed by atoms with Crippen molar-refractivity contribution in [3.63, 3.8) is 0 Å². The van der Waals surface area contributed by atoms with Gasteiger partial charge in [0.15, 0.2) is 0 Å². The molecule has 2 aromatic rings. The first kappa shape index (κ1) is 22.9. The lowest BCUT2D eigenvalue weighted by Gasteiger charge is -2.37. The molecule has 0 unspecified atom stereocenters. The molecular weight excluding hydrogens is 388 g/mol. The van der Waals surface area contributed by atoms with Crippen molar-refractivity contribution in [3.05, 3.63) is 64.5 Å². The van der Waals surface area contributed by atoms with Gasteiger partial charge in [-0.25, -0.2) is 0 Å². The first-order chi connectivity index (χ1) is 14.7. The number of nitrogens with zero attached hydrogens (tertiary/aromatic N) is 2. The Hall–Kier alpha value is -2.75. The highest BCUT2D eigenvalue weighted by molar-refractivity contribution is 5.73. The molecule has 0 aliphatic heterocycles. The van der Waals surface area contributed by atoms with Crippen molar-refractivity contribution in [3.8, 4) is 6.07 Å². The first-order valence-corrected chi connectivity index (χ1v) is 10.8. The molecule has 0 saturated carbocycles. The van der Waals surface area contributed by atoms with Gasteiger partial charge in [0.1, 0.15) is 0 Å². The quantitative estimate of drug-likeness (QED) is 0.640. The van der Waals surface area contributed by atoms with Crippen LogP contribution in [0, 0.1) is 23.7 Å². The van der Waals surface area contributed by atoms with Gasteiger partial charge in [-0.2, -0.15) is 5.26 Å². The smallest absolute Gasteiger partial charge is 0.217 e. The van der Waals surface area contributed by atoms with Crippen molar-refractivity contribution in [2.75, 3.05) is 6.54 Å². The van der Waals surface area contributed by atoms with E-state index in [0.29, 0.717) is 18.5 Å². The molecule has 1 aromatic heterocycles. The third kappa shape index (κ3) is 6.13. The third-order valence-corrected chi connectivity index (χ3v) is 5.86. The van der Waals surface area contributed by atoms with Crippen LogP contribution in [0.2, 0.25) is 0 Å². The molecule has 0 fully saturated rings. The highest BCUT2D eigenvalue weighted by atomic mass is 16.3. The Morgan fingerprint density at radius 3 is 2.87 bits per heavy atom. The zero-order chi connectivity index (χ0) is 22.6. The second-order valence-corrected chi connectivity index (χ2v) is 9.45. The van der Waals surface area contributed by atoms with Crippen molar-refractivity contribution in [2.24, 2.45) is 5.41 Å². The number of fused-ring (bicyclic) bond motifs is 1. The van der Waals surface area contributed by atoms with Crippen LogP contribution in [-0.2, 0) is 17.6 Å². The molecule has 0 bridgehead atoms. The number of aromatic nitrogens is 1. The molecular formula is C25H32N4O2. The maximum Gasteiger partial charge on any atom is 0.217 e. The van der Waals surface area contributed by atoms with Crippen molar-refractivity contribution < 1.29 is 9.90 Å². The van der Waals surface area contributed by atoms with E-state index < -0.39 is 12.1 Å².